The van der Waals surface area contributed by atoms with Crippen LogP contribution in [-0.2, 0) is 11.3 Å². The number of ether oxygens (including phenoxy) is 3. The molecule has 8 heteroatoms. The van der Waals surface area contributed by atoms with Crippen LogP contribution < -0.4 is 9.47 Å². The van der Waals surface area contributed by atoms with Gasteiger partial charge in [0, 0.05) is 38.9 Å². The number of allylic oxidation sites excluding steroid dienone is 1. The van der Waals surface area contributed by atoms with Gasteiger partial charge in [0.25, 0.3) is 5.69 Å². The number of Topliss-reactive ketones (excluding diaryl/α,β-unsaturated/α-hetero) is 1. The van der Waals surface area contributed by atoms with Crippen LogP contribution >= 0.6 is 0 Å². The van der Waals surface area contributed by atoms with Crippen molar-refractivity contribution in [2.45, 2.75) is 13.0 Å². The second-order valence-corrected chi connectivity index (χ2v) is 6.88. The molecular weight excluding hydrogens is 376 g/mol. The van der Waals surface area contributed by atoms with Crippen LogP contribution in [0, 0.1) is 10.1 Å². The molecule has 2 aliphatic heterocycles. The van der Waals surface area contributed by atoms with Crippen molar-refractivity contribution in [2.75, 3.05) is 27.0 Å². The summed E-state index contributed by atoms with van der Waals surface area (Å²) in [4.78, 5) is 25.2. The van der Waals surface area contributed by atoms with E-state index in [9.17, 15) is 14.9 Å². The number of methoxy groups -OCH3 is 1. The van der Waals surface area contributed by atoms with Crippen LogP contribution in [0.15, 0.2) is 42.2 Å². The molecule has 29 heavy (non-hydrogen) atoms. The number of rotatable bonds is 6. The van der Waals surface area contributed by atoms with Gasteiger partial charge in [0.15, 0.2) is 5.76 Å². The summed E-state index contributed by atoms with van der Waals surface area (Å²) in [5, 5.41) is 10.8. The van der Waals surface area contributed by atoms with Crippen LogP contribution in [0.2, 0.25) is 0 Å². The smallest absolute Gasteiger partial charge is 0.269 e. The van der Waals surface area contributed by atoms with Gasteiger partial charge in [0.1, 0.15) is 18.2 Å². The third kappa shape index (κ3) is 3.85. The maximum absolute atomic E-state index is 12.8. The Morgan fingerprint density at radius 1 is 1.24 bits per heavy atom. The lowest BCUT2D eigenvalue weighted by atomic mass is 10.0. The molecule has 0 radical (unpaired) electrons. The van der Waals surface area contributed by atoms with E-state index in [0.717, 1.165) is 24.3 Å². The first-order chi connectivity index (χ1) is 14.1. The molecule has 0 saturated carbocycles. The normalized spacial score (nSPS) is 16.9. The second-order valence-electron chi connectivity index (χ2n) is 6.88. The van der Waals surface area contributed by atoms with Gasteiger partial charge in [0.05, 0.1) is 16.1 Å². The maximum Gasteiger partial charge on any atom is 0.269 e. The molecule has 0 fully saturated rings. The number of ketones is 1. The van der Waals surface area contributed by atoms with Crippen molar-refractivity contribution >= 4 is 17.5 Å². The van der Waals surface area contributed by atoms with E-state index in [4.69, 9.17) is 14.2 Å². The Labute approximate surface area is 167 Å². The Hall–Kier alpha value is -3.23. The van der Waals surface area contributed by atoms with Crippen LogP contribution in [0.1, 0.15) is 27.9 Å². The van der Waals surface area contributed by atoms with Crippen molar-refractivity contribution in [3.05, 3.63) is 69.0 Å². The number of benzene rings is 2. The van der Waals surface area contributed by atoms with Gasteiger partial charge in [0.2, 0.25) is 5.78 Å². The van der Waals surface area contributed by atoms with E-state index in [1.807, 2.05) is 0 Å². The van der Waals surface area contributed by atoms with E-state index in [1.54, 1.807) is 37.5 Å². The first-order valence-electron chi connectivity index (χ1n) is 9.25. The number of nitrogens with zero attached hydrogens (tertiary/aromatic N) is 2. The Kier molecular flexibility index (Phi) is 5.28. The van der Waals surface area contributed by atoms with E-state index >= 15 is 0 Å². The monoisotopic (exact) mass is 396 g/mol. The molecule has 0 spiro atoms. The molecule has 4 rings (SSSR count). The molecule has 2 heterocycles. The summed E-state index contributed by atoms with van der Waals surface area (Å²) >= 11 is 0. The highest BCUT2D eigenvalue weighted by Crippen LogP contribution is 2.42. The van der Waals surface area contributed by atoms with E-state index in [0.29, 0.717) is 36.8 Å². The predicted molar refractivity (Wildman–Crippen MR) is 105 cm³/mol. The highest BCUT2D eigenvalue weighted by Gasteiger charge is 2.33. The fourth-order valence-electron chi connectivity index (χ4n) is 3.42. The fourth-order valence-corrected chi connectivity index (χ4v) is 3.42. The van der Waals surface area contributed by atoms with Gasteiger partial charge in [-0.05, 0) is 42.3 Å². The summed E-state index contributed by atoms with van der Waals surface area (Å²) in [6.07, 6.45) is 2.48. The average Bonchev–Trinajstić information content (AvgIpc) is 3.04. The minimum Gasteiger partial charge on any atom is -0.478 e. The number of fused-ring (bicyclic) bond motifs is 3. The zero-order chi connectivity index (χ0) is 20.4. The topological polar surface area (TPSA) is 91.1 Å². The summed E-state index contributed by atoms with van der Waals surface area (Å²) < 4.78 is 16.8. The van der Waals surface area contributed by atoms with Crippen molar-refractivity contribution in [2.24, 2.45) is 0 Å². The summed E-state index contributed by atoms with van der Waals surface area (Å²) in [7, 11) is 1.67. The highest BCUT2D eigenvalue weighted by molar-refractivity contribution is 6.15. The number of nitro benzene ring substituents is 1. The third-order valence-corrected chi connectivity index (χ3v) is 4.91. The molecule has 0 unspecified atom stereocenters. The molecule has 2 aromatic carbocycles. The zero-order valence-corrected chi connectivity index (χ0v) is 15.9. The zero-order valence-electron chi connectivity index (χ0n) is 15.9. The number of hydrogen-bond acceptors (Lipinski definition) is 7. The van der Waals surface area contributed by atoms with Gasteiger partial charge in [-0.3, -0.25) is 19.8 Å². The average molecular weight is 396 g/mol. The Balaban J connectivity index is 1.57. The predicted octanol–water partition coefficient (Wildman–Crippen LogP) is 3.40. The minimum atomic E-state index is -0.464. The second kappa shape index (κ2) is 8.02. The van der Waals surface area contributed by atoms with Crippen LogP contribution in [0.4, 0.5) is 5.69 Å². The number of hydrogen-bond donors (Lipinski definition) is 0. The number of carbonyl (C=O) groups is 1. The van der Waals surface area contributed by atoms with Gasteiger partial charge < -0.3 is 14.2 Å². The minimum absolute atomic E-state index is 0.00566. The molecule has 0 amide bonds. The van der Waals surface area contributed by atoms with Gasteiger partial charge >= 0.3 is 0 Å². The third-order valence-electron chi connectivity index (χ3n) is 4.91. The lowest BCUT2D eigenvalue weighted by Gasteiger charge is -2.29. The van der Waals surface area contributed by atoms with Gasteiger partial charge in [-0.15, -0.1) is 0 Å². The standard InChI is InChI=1S/C21H20N2O6/c1-27-10-2-9-22-12-17-18(28-13-22)8-7-16-20(24)19(29-21(16)17)11-14-3-5-15(6-4-14)23(25)26/h3-8,11H,2,9-10,12-13H2,1H3/b19-11-. The Morgan fingerprint density at radius 2 is 2.03 bits per heavy atom. The molecule has 0 aromatic heterocycles. The molecule has 150 valence electrons. The summed E-state index contributed by atoms with van der Waals surface area (Å²) in [5.74, 6) is 1.23. The first-order valence-corrected chi connectivity index (χ1v) is 9.25. The van der Waals surface area contributed by atoms with Crippen LogP contribution in [0.5, 0.6) is 11.5 Å². The molecule has 0 saturated heterocycles. The van der Waals surface area contributed by atoms with E-state index in [-0.39, 0.29) is 17.2 Å². The molecule has 2 aromatic rings. The SMILES string of the molecule is COCCCN1COc2ccc3c(c2C1)O/C(=C\c1ccc([N+](=O)[O-])cc1)C3=O. The molecule has 0 N–H and O–H groups in total. The molecule has 0 bridgehead atoms. The van der Waals surface area contributed by atoms with Crippen LogP contribution in [-0.4, -0.2) is 42.6 Å². The lowest BCUT2D eigenvalue weighted by Crippen LogP contribution is -2.33. The number of non-ortho nitro benzene ring substituents is 1. The molecule has 0 atom stereocenters. The van der Waals surface area contributed by atoms with Crippen molar-refractivity contribution < 1.29 is 23.9 Å². The molecule has 2 aliphatic rings. The van der Waals surface area contributed by atoms with E-state index < -0.39 is 4.92 Å². The summed E-state index contributed by atoms with van der Waals surface area (Å²) in [6, 6.07) is 9.48. The lowest BCUT2D eigenvalue weighted by molar-refractivity contribution is -0.384. The van der Waals surface area contributed by atoms with Gasteiger partial charge in [-0.1, -0.05) is 0 Å². The van der Waals surface area contributed by atoms with E-state index in [2.05, 4.69) is 4.90 Å². The fraction of sp³-hybridized carbons (Fsp3) is 0.286. The van der Waals surface area contributed by atoms with E-state index in [1.165, 1.54) is 12.1 Å². The quantitative estimate of drug-likeness (QED) is 0.320. The molecule has 8 nitrogen and oxygen atoms in total. The largest absolute Gasteiger partial charge is 0.478 e. The van der Waals surface area contributed by atoms with Crippen molar-refractivity contribution in [3.63, 3.8) is 0 Å². The highest BCUT2D eigenvalue weighted by atomic mass is 16.6. The van der Waals surface area contributed by atoms with Crippen molar-refractivity contribution in [1.82, 2.24) is 4.90 Å². The number of carbonyl (C=O) groups excluding carboxylic acids is 1. The van der Waals surface area contributed by atoms with Gasteiger partial charge in [-0.25, -0.2) is 0 Å². The summed E-state index contributed by atoms with van der Waals surface area (Å²) in [5.41, 5.74) is 2.00. The van der Waals surface area contributed by atoms with Gasteiger partial charge in [-0.2, -0.15) is 0 Å². The Morgan fingerprint density at radius 3 is 2.76 bits per heavy atom. The maximum atomic E-state index is 12.8. The molecular formula is C21H20N2O6. The Bertz CT molecular complexity index is 983. The summed E-state index contributed by atoms with van der Waals surface area (Å²) in [6.45, 7) is 2.60. The van der Waals surface area contributed by atoms with Crippen molar-refractivity contribution in [1.29, 1.82) is 0 Å². The molecule has 0 aliphatic carbocycles. The van der Waals surface area contributed by atoms with Crippen LogP contribution in [0.3, 0.4) is 0 Å². The number of nitro groups is 1. The van der Waals surface area contributed by atoms with Crippen molar-refractivity contribution in [3.8, 4) is 11.5 Å². The first kappa shape index (κ1) is 19.1. The van der Waals surface area contributed by atoms with Crippen LogP contribution in [0.25, 0.3) is 6.08 Å².